The minimum atomic E-state index is -1.88. The summed E-state index contributed by atoms with van der Waals surface area (Å²) in [6.07, 6.45) is 0. The summed E-state index contributed by atoms with van der Waals surface area (Å²) in [5.74, 6) is -0.379. The zero-order valence-corrected chi connectivity index (χ0v) is 13.0. The summed E-state index contributed by atoms with van der Waals surface area (Å²) in [5, 5.41) is 0. The lowest BCUT2D eigenvalue weighted by Gasteiger charge is -2.21. The fraction of sp³-hybridized carbons (Fsp3) is 0.235. The van der Waals surface area contributed by atoms with E-state index in [0.29, 0.717) is 0 Å². The van der Waals surface area contributed by atoms with Crippen LogP contribution in [0.1, 0.15) is 17.0 Å². The van der Waals surface area contributed by atoms with Gasteiger partial charge in [0.1, 0.15) is 5.92 Å². The average Bonchev–Trinajstić information content (AvgIpc) is 2.71. The number of carbonyl (C=O) groups excluding carboxylic acids is 1. The van der Waals surface area contributed by atoms with Crippen LogP contribution in [0.3, 0.4) is 0 Å². The van der Waals surface area contributed by atoms with E-state index in [-0.39, 0.29) is 11.9 Å². The molecule has 1 aliphatic carbocycles. The van der Waals surface area contributed by atoms with Crippen molar-refractivity contribution in [2.75, 3.05) is 0 Å². The van der Waals surface area contributed by atoms with Gasteiger partial charge in [0.05, 0.1) is 0 Å². The van der Waals surface area contributed by atoms with Crippen molar-refractivity contribution in [2.24, 2.45) is 0 Å². The van der Waals surface area contributed by atoms with Gasteiger partial charge in [-0.25, -0.2) is 0 Å². The number of hydrogen-bond acceptors (Lipinski definition) is 2. The molecule has 102 valence electrons. The molecule has 0 amide bonds. The predicted molar refractivity (Wildman–Crippen MR) is 83.2 cm³/mol. The molecule has 0 radical (unpaired) electrons. The van der Waals surface area contributed by atoms with Crippen LogP contribution in [0.2, 0.25) is 19.6 Å². The Morgan fingerprint density at radius 2 is 1.35 bits per heavy atom. The van der Waals surface area contributed by atoms with Crippen LogP contribution in [0.5, 0.6) is 0 Å². The summed E-state index contributed by atoms with van der Waals surface area (Å²) in [6, 6.07) is 16.2. The van der Waals surface area contributed by atoms with Crippen molar-refractivity contribution in [1.29, 1.82) is 0 Å². The highest BCUT2D eigenvalue weighted by Crippen LogP contribution is 2.45. The fourth-order valence-corrected chi connectivity index (χ4v) is 3.49. The van der Waals surface area contributed by atoms with E-state index in [1.165, 1.54) is 0 Å². The molecule has 0 unspecified atom stereocenters. The van der Waals surface area contributed by atoms with E-state index in [4.69, 9.17) is 4.43 Å². The van der Waals surface area contributed by atoms with Gasteiger partial charge >= 0.3 is 5.97 Å². The third-order valence-electron chi connectivity index (χ3n) is 3.48. The van der Waals surface area contributed by atoms with Crippen molar-refractivity contribution in [3.63, 3.8) is 0 Å². The lowest BCUT2D eigenvalue weighted by atomic mass is 9.97. The number of hydrogen-bond donors (Lipinski definition) is 0. The van der Waals surface area contributed by atoms with Gasteiger partial charge in [0.2, 0.25) is 8.32 Å². The third kappa shape index (κ3) is 2.18. The Morgan fingerprint density at radius 1 is 0.900 bits per heavy atom. The maximum Gasteiger partial charge on any atom is 0.304 e. The zero-order valence-electron chi connectivity index (χ0n) is 12.0. The van der Waals surface area contributed by atoms with Gasteiger partial charge in [-0.15, -0.1) is 0 Å². The molecule has 0 fully saturated rings. The van der Waals surface area contributed by atoms with E-state index in [9.17, 15) is 4.79 Å². The van der Waals surface area contributed by atoms with E-state index in [2.05, 4.69) is 12.1 Å². The van der Waals surface area contributed by atoms with Crippen molar-refractivity contribution >= 4 is 14.3 Å². The van der Waals surface area contributed by atoms with Crippen LogP contribution in [0.25, 0.3) is 11.1 Å². The second kappa shape index (κ2) is 4.60. The molecule has 0 heterocycles. The van der Waals surface area contributed by atoms with Gasteiger partial charge in [0.15, 0.2) is 0 Å². The monoisotopic (exact) mass is 282 g/mol. The summed E-state index contributed by atoms with van der Waals surface area (Å²) in [4.78, 5) is 12.6. The maximum atomic E-state index is 12.6. The van der Waals surface area contributed by atoms with Crippen LogP contribution in [-0.2, 0) is 9.22 Å². The largest absolute Gasteiger partial charge is 0.519 e. The Kier molecular flexibility index (Phi) is 3.02. The first-order chi connectivity index (χ1) is 9.47. The van der Waals surface area contributed by atoms with Crippen LogP contribution < -0.4 is 0 Å². The molecule has 0 saturated carbocycles. The summed E-state index contributed by atoms with van der Waals surface area (Å²) < 4.78 is 5.74. The van der Waals surface area contributed by atoms with Crippen molar-refractivity contribution in [1.82, 2.24) is 0 Å². The summed E-state index contributed by atoms with van der Waals surface area (Å²) >= 11 is 0. The SMILES string of the molecule is C[Si](C)(C)OC(=O)C1c2ccccc2-c2ccccc21. The van der Waals surface area contributed by atoms with E-state index >= 15 is 0 Å². The van der Waals surface area contributed by atoms with Gasteiger partial charge in [-0.3, -0.25) is 4.79 Å². The number of rotatable bonds is 2. The van der Waals surface area contributed by atoms with Crippen molar-refractivity contribution in [2.45, 2.75) is 25.6 Å². The predicted octanol–water partition coefficient (Wildman–Crippen LogP) is 4.18. The number of carbonyl (C=O) groups is 1. The van der Waals surface area contributed by atoms with E-state index in [0.717, 1.165) is 22.3 Å². The molecular weight excluding hydrogens is 264 g/mol. The van der Waals surface area contributed by atoms with Gasteiger partial charge in [-0.1, -0.05) is 48.5 Å². The van der Waals surface area contributed by atoms with Crippen LogP contribution >= 0.6 is 0 Å². The molecule has 3 rings (SSSR count). The second-order valence-electron chi connectivity index (χ2n) is 6.14. The molecule has 2 aromatic rings. The highest BCUT2D eigenvalue weighted by atomic mass is 28.4. The fourth-order valence-electron chi connectivity index (χ4n) is 2.77. The Morgan fingerprint density at radius 3 is 1.80 bits per heavy atom. The smallest absolute Gasteiger partial charge is 0.304 e. The highest BCUT2D eigenvalue weighted by molar-refractivity contribution is 6.71. The van der Waals surface area contributed by atoms with Crippen molar-refractivity contribution in [3.05, 3.63) is 59.7 Å². The average molecular weight is 282 g/mol. The minimum absolute atomic E-state index is 0.110. The zero-order chi connectivity index (χ0) is 14.3. The molecule has 0 atom stereocenters. The first-order valence-electron chi connectivity index (χ1n) is 6.88. The lowest BCUT2D eigenvalue weighted by molar-refractivity contribution is -0.135. The van der Waals surface area contributed by atoms with Crippen LogP contribution in [-0.4, -0.2) is 14.3 Å². The Bertz CT molecular complexity index is 625. The van der Waals surface area contributed by atoms with E-state index in [1.54, 1.807) is 0 Å². The summed E-state index contributed by atoms with van der Waals surface area (Å²) in [5.41, 5.74) is 4.44. The molecule has 2 aromatic carbocycles. The molecule has 0 spiro atoms. The first kappa shape index (κ1) is 13.1. The van der Waals surface area contributed by atoms with Crippen molar-refractivity contribution < 1.29 is 9.22 Å². The Balaban J connectivity index is 2.10. The highest BCUT2D eigenvalue weighted by Gasteiger charge is 2.36. The molecule has 0 N–H and O–H groups in total. The van der Waals surface area contributed by atoms with Gasteiger partial charge in [-0.2, -0.15) is 0 Å². The molecule has 0 aromatic heterocycles. The number of benzene rings is 2. The first-order valence-corrected chi connectivity index (χ1v) is 10.3. The van der Waals surface area contributed by atoms with Crippen LogP contribution in [0.15, 0.2) is 48.5 Å². The number of fused-ring (bicyclic) bond motifs is 3. The topological polar surface area (TPSA) is 26.3 Å². The lowest BCUT2D eigenvalue weighted by Crippen LogP contribution is -2.31. The standard InChI is InChI=1S/C17H18O2Si/c1-20(2,3)19-17(18)16-14-10-6-4-8-12(14)13-9-5-7-11-15(13)16/h4-11,16H,1-3H3. The van der Waals surface area contributed by atoms with Gasteiger partial charge in [0.25, 0.3) is 0 Å². The van der Waals surface area contributed by atoms with E-state index in [1.807, 2.05) is 56.0 Å². The van der Waals surface area contributed by atoms with Crippen molar-refractivity contribution in [3.8, 4) is 11.1 Å². The molecule has 1 aliphatic rings. The molecular formula is C17H18O2Si. The second-order valence-corrected chi connectivity index (χ2v) is 10.6. The third-order valence-corrected chi connectivity index (χ3v) is 4.29. The molecule has 0 saturated heterocycles. The molecule has 0 bridgehead atoms. The van der Waals surface area contributed by atoms with Gasteiger partial charge in [0, 0.05) is 0 Å². The Labute approximate surface area is 120 Å². The molecule has 3 heteroatoms. The molecule has 2 nitrogen and oxygen atoms in total. The van der Waals surface area contributed by atoms with Gasteiger partial charge < -0.3 is 4.43 Å². The Hall–Kier alpha value is -1.87. The molecule has 20 heavy (non-hydrogen) atoms. The van der Waals surface area contributed by atoms with Crippen LogP contribution in [0, 0.1) is 0 Å². The van der Waals surface area contributed by atoms with Crippen LogP contribution in [0.4, 0.5) is 0 Å². The normalized spacial score (nSPS) is 13.8. The maximum absolute atomic E-state index is 12.6. The summed E-state index contributed by atoms with van der Waals surface area (Å²) in [6.45, 7) is 6.12. The summed E-state index contributed by atoms with van der Waals surface area (Å²) in [7, 11) is -1.88. The quantitative estimate of drug-likeness (QED) is 0.772. The molecule has 0 aliphatic heterocycles. The minimum Gasteiger partial charge on any atom is -0.519 e. The van der Waals surface area contributed by atoms with Gasteiger partial charge in [-0.05, 0) is 41.9 Å². The van der Waals surface area contributed by atoms with E-state index < -0.39 is 8.32 Å².